The highest BCUT2D eigenvalue weighted by Crippen LogP contribution is 2.23. The average molecular weight is 303 g/mol. The smallest absolute Gasteiger partial charge is 0.129 e. The molecule has 0 spiro atoms. The van der Waals surface area contributed by atoms with Crippen molar-refractivity contribution in [3.05, 3.63) is 22.4 Å². The van der Waals surface area contributed by atoms with Crippen LogP contribution >= 0.6 is 15.9 Å². The Morgan fingerprint density at radius 3 is 2.47 bits per heavy atom. The fourth-order valence-electron chi connectivity index (χ4n) is 1.43. The first-order valence-electron chi connectivity index (χ1n) is 5.99. The van der Waals surface area contributed by atoms with E-state index < -0.39 is 0 Å². The number of anilines is 1. The average Bonchev–Trinajstić information content (AvgIpc) is 2.31. The van der Waals surface area contributed by atoms with Crippen molar-refractivity contribution >= 4 is 21.6 Å². The van der Waals surface area contributed by atoms with Crippen molar-refractivity contribution in [2.45, 2.75) is 27.7 Å². The van der Waals surface area contributed by atoms with Crippen molar-refractivity contribution < 1.29 is 5.11 Å². The van der Waals surface area contributed by atoms with Crippen LogP contribution in [0, 0.1) is 12.8 Å². The number of rotatable bonds is 4. The number of aliphatic hydroxyl groups excluding tert-OH is 1. The molecule has 0 bridgehead atoms. The van der Waals surface area contributed by atoms with Crippen LogP contribution < -0.4 is 4.90 Å². The molecule has 17 heavy (non-hydrogen) atoms. The van der Waals surface area contributed by atoms with E-state index in [0.29, 0.717) is 0 Å². The highest BCUT2D eigenvalue weighted by molar-refractivity contribution is 9.10. The molecule has 1 aromatic rings. The number of aryl methyl sites for hydroxylation is 1. The molecule has 0 radical (unpaired) electrons. The fourth-order valence-corrected chi connectivity index (χ4v) is 2.14. The van der Waals surface area contributed by atoms with E-state index in [2.05, 4.69) is 25.8 Å². The Morgan fingerprint density at radius 1 is 1.41 bits per heavy atom. The monoisotopic (exact) mass is 302 g/mol. The van der Waals surface area contributed by atoms with Gasteiger partial charge < -0.3 is 10.0 Å². The molecule has 98 valence electrons. The van der Waals surface area contributed by atoms with Crippen LogP contribution in [-0.2, 0) is 0 Å². The number of aromatic nitrogens is 1. The zero-order valence-corrected chi connectivity index (χ0v) is 13.0. The zero-order chi connectivity index (χ0) is 13.4. The summed E-state index contributed by atoms with van der Waals surface area (Å²) in [6, 6.07) is 4.02. The number of aliphatic hydroxyl groups is 1. The van der Waals surface area contributed by atoms with Gasteiger partial charge in [-0.05, 0) is 40.9 Å². The van der Waals surface area contributed by atoms with Crippen LogP contribution in [0.5, 0.6) is 0 Å². The van der Waals surface area contributed by atoms with Crippen LogP contribution in [0.15, 0.2) is 16.7 Å². The van der Waals surface area contributed by atoms with Crippen molar-refractivity contribution in [2.24, 2.45) is 5.92 Å². The predicted octanol–water partition coefficient (Wildman–Crippen LogP) is 3.24. The molecule has 1 N–H and O–H groups in total. The van der Waals surface area contributed by atoms with E-state index in [1.807, 2.05) is 46.9 Å². The highest BCUT2D eigenvalue weighted by Gasteiger charge is 2.09. The summed E-state index contributed by atoms with van der Waals surface area (Å²) in [7, 11) is 2.00. The van der Waals surface area contributed by atoms with Crippen molar-refractivity contribution in [1.29, 1.82) is 0 Å². The first-order valence-corrected chi connectivity index (χ1v) is 6.79. The Morgan fingerprint density at radius 2 is 2.00 bits per heavy atom. The van der Waals surface area contributed by atoms with E-state index in [9.17, 15) is 0 Å². The van der Waals surface area contributed by atoms with Crippen molar-refractivity contribution in [1.82, 2.24) is 4.98 Å². The number of nitrogens with zero attached hydrogens (tertiary/aromatic N) is 2. The third-order valence-electron chi connectivity index (χ3n) is 2.28. The summed E-state index contributed by atoms with van der Waals surface area (Å²) in [4.78, 5) is 6.43. The number of halogens is 1. The van der Waals surface area contributed by atoms with E-state index in [4.69, 9.17) is 5.11 Å². The van der Waals surface area contributed by atoms with Gasteiger partial charge in [0.25, 0.3) is 0 Å². The lowest BCUT2D eigenvalue weighted by molar-refractivity contribution is 0.240. The van der Waals surface area contributed by atoms with Crippen molar-refractivity contribution in [3.8, 4) is 0 Å². The van der Waals surface area contributed by atoms with Gasteiger partial charge in [0, 0.05) is 25.9 Å². The van der Waals surface area contributed by atoms with Gasteiger partial charge in [0.1, 0.15) is 4.60 Å². The van der Waals surface area contributed by atoms with Crippen molar-refractivity contribution in [3.63, 3.8) is 0 Å². The Bertz CT molecular complexity index is 331. The molecule has 1 heterocycles. The lowest BCUT2D eigenvalue weighted by atomic mass is 10.2. The first-order chi connectivity index (χ1) is 8.04. The van der Waals surface area contributed by atoms with Gasteiger partial charge in [0.2, 0.25) is 0 Å². The Hall–Kier alpha value is -0.610. The first kappa shape index (κ1) is 16.4. The molecular formula is C13H23BrN2O. The minimum atomic E-state index is 0.210. The predicted molar refractivity (Wildman–Crippen MR) is 77.5 cm³/mol. The molecular weight excluding hydrogens is 280 g/mol. The van der Waals surface area contributed by atoms with Crippen LogP contribution in [0.2, 0.25) is 0 Å². The maximum absolute atomic E-state index is 8.99. The lowest BCUT2D eigenvalue weighted by Gasteiger charge is -2.23. The third kappa shape index (κ3) is 5.50. The van der Waals surface area contributed by atoms with Gasteiger partial charge in [-0.15, -0.1) is 0 Å². The van der Waals surface area contributed by atoms with Gasteiger partial charge in [0.15, 0.2) is 0 Å². The molecule has 0 aliphatic rings. The summed E-state index contributed by atoms with van der Waals surface area (Å²) < 4.78 is 0.857. The molecule has 1 aromatic heterocycles. The van der Waals surface area contributed by atoms with Crippen LogP contribution in [-0.4, -0.2) is 30.3 Å². The lowest BCUT2D eigenvalue weighted by Crippen LogP contribution is -2.26. The van der Waals surface area contributed by atoms with Gasteiger partial charge in [0.05, 0.1) is 5.69 Å². The fraction of sp³-hybridized carbons (Fsp3) is 0.615. The zero-order valence-electron chi connectivity index (χ0n) is 11.4. The van der Waals surface area contributed by atoms with Gasteiger partial charge in [-0.3, -0.25) is 0 Å². The quantitative estimate of drug-likeness (QED) is 0.868. The molecule has 0 aliphatic heterocycles. The van der Waals surface area contributed by atoms with Crippen LogP contribution in [0.25, 0.3) is 0 Å². The summed E-state index contributed by atoms with van der Waals surface area (Å²) >= 11 is 3.44. The molecule has 0 amide bonds. The Balaban J connectivity index is 0.00000121. The minimum Gasteiger partial charge on any atom is -0.396 e. The van der Waals surface area contributed by atoms with Crippen LogP contribution in [0.1, 0.15) is 26.5 Å². The molecule has 0 saturated carbocycles. The molecule has 4 heteroatoms. The van der Waals surface area contributed by atoms with Gasteiger partial charge in [-0.1, -0.05) is 20.8 Å². The molecule has 1 atom stereocenters. The van der Waals surface area contributed by atoms with E-state index in [1.54, 1.807) is 0 Å². The molecule has 0 fully saturated rings. The summed E-state index contributed by atoms with van der Waals surface area (Å²) in [5, 5.41) is 8.99. The van der Waals surface area contributed by atoms with E-state index >= 15 is 0 Å². The van der Waals surface area contributed by atoms with E-state index in [0.717, 1.165) is 22.5 Å². The van der Waals surface area contributed by atoms with Crippen LogP contribution in [0.4, 0.5) is 5.69 Å². The maximum atomic E-state index is 8.99. The number of hydrogen-bond donors (Lipinski definition) is 1. The van der Waals surface area contributed by atoms with Gasteiger partial charge in [-0.2, -0.15) is 0 Å². The molecule has 0 aromatic carbocycles. The van der Waals surface area contributed by atoms with Gasteiger partial charge in [-0.25, -0.2) is 4.98 Å². The third-order valence-corrected chi connectivity index (χ3v) is 2.86. The second-order valence-corrected chi connectivity index (χ2v) is 4.68. The Labute approximate surface area is 113 Å². The van der Waals surface area contributed by atoms with Gasteiger partial charge >= 0.3 is 0 Å². The van der Waals surface area contributed by atoms with E-state index in [1.165, 1.54) is 0 Å². The summed E-state index contributed by atoms with van der Waals surface area (Å²) in [5.41, 5.74) is 2.05. The molecule has 0 aliphatic carbocycles. The number of hydrogen-bond acceptors (Lipinski definition) is 3. The van der Waals surface area contributed by atoms with Crippen molar-refractivity contribution in [2.75, 3.05) is 25.1 Å². The molecule has 3 nitrogen and oxygen atoms in total. The van der Waals surface area contributed by atoms with E-state index in [-0.39, 0.29) is 12.5 Å². The summed E-state index contributed by atoms with van der Waals surface area (Å²) in [6.07, 6.45) is 0. The topological polar surface area (TPSA) is 36.4 Å². The highest BCUT2D eigenvalue weighted by atomic mass is 79.9. The number of pyridine rings is 1. The summed E-state index contributed by atoms with van der Waals surface area (Å²) in [6.45, 7) is 9.01. The normalized spacial score (nSPS) is 11.5. The second-order valence-electron chi connectivity index (χ2n) is 3.93. The molecule has 1 rings (SSSR count). The molecule has 1 unspecified atom stereocenters. The largest absolute Gasteiger partial charge is 0.396 e. The second kappa shape index (κ2) is 8.48. The Kier molecular flexibility index (Phi) is 8.17. The maximum Gasteiger partial charge on any atom is 0.129 e. The molecule has 0 saturated heterocycles. The van der Waals surface area contributed by atoms with Crippen LogP contribution in [0.3, 0.4) is 0 Å². The standard InChI is InChI=1S/C11H17BrN2O.C2H6/c1-8(7-15)6-14(3)10-5-4-9(2)13-11(10)12;1-2/h4-5,8,15H,6-7H2,1-3H3;1-2H3. The summed E-state index contributed by atoms with van der Waals surface area (Å²) in [5.74, 6) is 0.267. The SMILES string of the molecule is CC.Cc1ccc(N(C)CC(C)CO)c(Br)n1. The minimum absolute atomic E-state index is 0.210.